The molecular weight excluding hydrogens is 354 g/mol. The van der Waals surface area contributed by atoms with Crippen molar-refractivity contribution < 1.29 is 14.3 Å². The molecule has 3 aromatic rings. The molecule has 1 aromatic heterocycles. The van der Waals surface area contributed by atoms with Crippen molar-refractivity contribution >= 4 is 0 Å². The minimum atomic E-state index is 0.199. The third kappa shape index (κ3) is 4.58. The van der Waals surface area contributed by atoms with Gasteiger partial charge in [0.1, 0.15) is 5.75 Å². The molecule has 0 spiro atoms. The van der Waals surface area contributed by atoms with E-state index in [-0.39, 0.29) is 6.10 Å². The Morgan fingerprint density at radius 2 is 2.00 bits per heavy atom. The van der Waals surface area contributed by atoms with Crippen LogP contribution in [-0.4, -0.2) is 39.5 Å². The lowest BCUT2D eigenvalue weighted by Gasteiger charge is -2.24. The first kappa shape index (κ1) is 18.7. The van der Waals surface area contributed by atoms with E-state index < -0.39 is 0 Å². The van der Waals surface area contributed by atoms with Gasteiger partial charge in [-0.25, -0.2) is 0 Å². The number of aryl methyl sites for hydroxylation is 1. The van der Waals surface area contributed by atoms with Crippen LogP contribution in [0.25, 0.3) is 11.5 Å². The van der Waals surface area contributed by atoms with Gasteiger partial charge < -0.3 is 14.3 Å². The lowest BCUT2D eigenvalue weighted by atomic mass is 10.1. The lowest BCUT2D eigenvalue weighted by Crippen LogP contribution is -2.31. The SMILES string of the molecule is Cc1cccc(-c2nnc(CN(Cc3ccccc3O)CC3CCCO3)o2)c1. The summed E-state index contributed by atoms with van der Waals surface area (Å²) in [4.78, 5) is 2.19. The maximum atomic E-state index is 10.2. The lowest BCUT2D eigenvalue weighted by molar-refractivity contribution is 0.0646. The number of aromatic nitrogens is 2. The Kier molecular flexibility index (Phi) is 5.69. The molecule has 0 amide bonds. The summed E-state index contributed by atoms with van der Waals surface area (Å²) in [7, 11) is 0. The second kappa shape index (κ2) is 8.54. The fourth-order valence-corrected chi connectivity index (χ4v) is 3.55. The second-order valence-electron chi connectivity index (χ2n) is 7.30. The Bertz CT molecular complexity index is 919. The number of nitrogens with zero attached hydrogens (tertiary/aromatic N) is 3. The van der Waals surface area contributed by atoms with Crippen LogP contribution in [0.2, 0.25) is 0 Å². The van der Waals surface area contributed by atoms with Crippen LogP contribution in [-0.2, 0) is 17.8 Å². The van der Waals surface area contributed by atoms with Crippen LogP contribution in [0.4, 0.5) is 0 Å². The molecule has 6 nitrogen and oxygen atoms in total. The average Bonchev–Trinajstić information content (AvgIpc) is 3.36. The van der Waals surface area contributed by atoms with Gasteiger partial charge in [0.2, 0.25) is 11.8 Å². The van der Waals surface area contributed by atoms with E-state index >= 15 is 0 Å². The first-order valence-corrected chi connectivity index (χ1v) is 9.67. The van der Waals surface area contributed by atoms with Gasteiger partial charge in [-0.2, -0.15) is 0 Å². The molecule has 0 saturated carbocycles. The maximum absolute atomic E-state index is 10.2. The summed E-state index contributed by atoms with van der Waals surface area (Å²) in [5.74, 6) is 1.38. The van der Waals surface area contributed by atoms with Crippen LogP contribution in [0, 0.1) is 6.92 Å². The molecule has 1 unspecified atom stereocenters. The molecule has 1 fully saturated rings. The fourth-order valence-electron chi connectivity index (χ4n) is 3.55. The molecule has 1 N–H and O–H groups in total. The Morgan fingerprint density at radius 1 is 1.11 bits per heavy atom. The van der Waals surface area contributed by atoms with Crippen molar-refractivity contribution in [3.05, 3.63) is 65.5 Å². The summed E-state index contributed by atoms with van der Waals surface area (Å²) in [5.41, 5.74) is 2.95. The zero-order valence-electron chi connectivity index (χ0n) is 16.0. The monoisotopic (exact) mass is 379 g/mol. The van der Waals surface area contributed by atoms with Gasteiger partial charge in [-0.15, -0.1) is 10.2 Å². The fraction of sp³-hybridized carbons (Fsp3) is 0.364. The van der Waals surface area contributed by atoms with Gasteiger partial charge in [0.15, 0.2) is 0 Å². The Morgan fingerprint density at radius 3 is 2.79 bits per heavy atom. The van der Waals surface area contributed by atoms with Gasteiger partial charge in [-0.3, -0.25) is 4.90 Å². The van der Waals surface area contributed by atoms with Crippen molar-refractivity contribution in [1.82, 2.24) is 15.1 Å². The summed E-state index contributed by atoms with van der Waals surface area (Å²) < 4.78 is 11.7. The number of rotatable bonds is 7. The Balaban J connectivity index is 1.51. The van der Waals surface area contributed by atoms with Crippen LogP contribution < -0.4 is 0 Å². The van der Waals surface area contributed by atoms with Gasteiger partial charge in [0.05, 0.1) is 12.6 Å². The molecule has 2 heterocycles. The van der Waals surface area contributed by atoms with E-state index in [1.54, 1.807) is 6.07 Å². The molecule has 0 bridgehead atoms. The topological polar surface area (TPSA) is 71.6 Å². The van der Waals surface area contributed by atoms with E-state index in [4.69, 9.17) is 9.15 Å². The number of aromatic hydroxyl groups is 1. The largest absolute Gasteiger partial charge is 0.508 e. The third-order valence-electron chi connectivity index (χ3n) is 4.96. The van der Waals surface area contributed by atoms with Crippen LogP contribution in [0.5, 0.6) is 5.75 Å². The average molecular weight is 379 g/mol. The van der Waals surface area contributed by atoms with Crippen LogP contribution in [0.1, 0.15) is 29.9 Å². The van der Waals surface area contributed by atoms with Crippen molar-refractivity contribution in [2.24, 2.45) is 0 Å². The highest BCUT2D eigenvalue weighted by molar-refractivity contribution is 5.53. The quantitative estimate of drug-likeness (QED) is 0.671. The molecule has 1 aliphatic rings. The second-order valence-corrected chi connectivity index (χ2v) is 7.30. The van der Waals surface area contributed by atoms with Gasteiger partial charge in [0.25, 0.3) is 0 Å². The van der Waals surface area contributed by atoms with Crippen molar-refractivity contribution in [1.29, 1.82) is 0 Å². The van der Waals surface area contributed by atoms with Gasteiger partial charge in [0, 0.05) is 30.8 Å². The number of phenols is 1. The molecule has 1 saturated heterocycles. The van der Waals surface area contributed by atoms with E-state index in [1.807, 2.05) is 49.4 Å². The molecule has 4 rings (SSSR count). The van der Waals surface area contributed by atoms with E-state index in [0.717, 1.165) is 42.7 Å². The smallest absolute Gasteiger partial charge is 0.247 e. The van der Waals surface area contributed by atoms with Gasteiger partial charge in [-0.05, 0) is 38.0 Å². The molecule has 1 atom stereocenters. The van der Waals surface area contributed by atoms with Crippen LogP contribution in [0.15, 0.2) is 52.9 Å². The summed E-state index contributed by atoms with van der Waals surface area (Å²) in [6.45, 7) is 4.71. The van der Waals surface area contributed by atoms with Crippen molar-refractivity contribution in [2.75, 3.05) is 13.2 Å². The summed E-state index contributed by atoms with van der Waals surface area (Å²) in [6, 6.07) is 15.4. The van der Waals surface area contributed by atoms with Gasteiger partial charge >= 0.3 is 0 Å². The minimum Gasteiger partial charge on any atom is -0.508 e. The third-order valence-corrected chi connectivity index (χ3v) is 4.96. The molecule has 0 aliphatic carbocycles. The number of hydrogen-bond donors (Lipinski definition) is 1. The molecule has 6 heteroatoms. The zero-order valence-corrected chi connectivity index (χ0v) is 16.0. The Hall–Kier alpha value is -2.70. The molecule has 28 heavy (non-hydrogen) atoms. The van der Waals surface area contributed by atoms with Crippen LogP contribution >= 0.6 is 0 Å². The van der Waals surface area contributed by atoms with Gasteiger partial charge in [-0.1, -0.05) is 35.9 Å². The number of para-hydroxylation sites is 1. The summed E-state index contributed by atoms with van der Waals surface area (Å²) in [6.07, 6.45) is 2.34. The predicted molar refractivity (Wildman–Crippen MR) is 106 cm³/mol. The number of phenolic OH excluding ortho intramolecular Hbond substituents is 1. The molecule has 2 aromatic carbocycles. The number of hydrogen-bond acceptors (Lipinski definition) is 6. The van der Waals surface area contributed by atoms with Crippen molar-refractivity contribution in [3.63, 3.8) is 0 Å². The summed E-state index contributed by atoms with van der Waals surface area (Å²) >= 11 is 0. The van der Waals surface area contributed by atoms with Crippen molar-refractivity contribution in [3.8, 4) is 17.2 Å². The molecule has 0 radical (unpaired) electrons. The zero-order chi connectivity index (χ0) is 19.3. The molecule has 146 valence electrons. The number of ether oxygens (including phenoxy) is 1. The summed E-state index contributed by atoms with van der Waals surface area (Å²) in [5, 5.41) is 18.6. The highest BCUT2D eigenvalue weighted by atomic mass is 16.5. The minimum absolute atomic E-state index is 0.199. The highest BCUT2D eigenvalue weighted by Gasteiger charge is 2.22. The van der Waals surface area contributed by atoms with E-state index in [9.17, 15) is 5.11 Å². The van der Waals surface area contributed by atoms with Crippen LogP contribution in [0.3, 0.4) is 0 Å². The maximum Gasteiger partial charge on any atom is 0.247 e. The highest BCUT2D eigenvalue weighted by Crippen LogP contribution is 2.23. The first-order chi connectivity index (χ1) is 13.7. The molecular formula is C22H25N3O3. The number of benzene rings is 2. The molecule has 1 aliphatic heterocycles. The normalized spacial score (nSPS) is 16.7. The van der Waals surface area contributed by atoms with E-state index in [2.05, 4.69) is 15.1 Å². The standard InChI is InChI=1S/C22H25N3O3/c1-16-6-4-8-17(12-16)22-24-23-21(28-22)15-25(14-19-9-5-11-27-19)13-18-7-2-3-10-20(18)26/h2-4,6-8,10,12,19,26H,5,9,11,13-15H2,1H3. The predicted octanol–water partition coefficient (Wildman–Crippen LogP) is 3.93. The van der Waals surface area contributed by atoms with E-state index in [1.165, 1.54) is 0 Å². The Labute approximate surface area is 164 Å². The van der Waals surface area contributed by atoms with Crippen molar-refractivity contribution in [2.45, 2.75) is 39.0 Å². The van der Waals surface area contributed by atoms with E-state index in [0.29, 0.717) is 30.6 Å². The first-order valence-electron chi connectivity index (χ1n) is 9.67.